The predicted molar refractivity (Wildman–Crippen MR) is 82.1 cm³/mol. The van der Waals surface area contributed by atoms with Gasteiger partial charge in [-0.3, -0.25) is 4.79 Å². The van der Waals surface area contributed by atoms with E-state index in [4.69, 9.17) is 0 Å². The first-order chi connectivity index (χ1) is 10.1. The Morgan fingerprint density at radius 3 is 2.81 bits per heavy atom. The topological polar surface area (TPSA) is 60.8 Å². The number of aliphatic hydroxyl groups is 1. The molecule has 4 nitrogen and oxygen atoms in total. The number of nitrogens with zero attached hydrogens (tertiary/aromatic N) is 1. The summed E-state index contributed by atoms with van der Waals surface area (Å²) in [5, 5.41) is 19.5. The molecule has 2 unspecified atom stereocenters. The molecule has 2 rings (SSSR count). The van der Waals surface area contributed by atoms with Gasteiger partial charge in [-0.15, -0.1) is 0 Å². The largest absolute Gasteiger partial charge is 0.508 e. The normalized spacial score (nSPS) is 20.9. The highest BCUT2D eigenvalue weighted by molar-refractivity contribution is 5.79. The van der Waals surface area contributed by atoms with Crippen LogP contribution >= 0.6 is 0 Å². The highest BCUT2D eigenvalue weighted by Gasteiger charge is 2.26. The van der Waals surface area contributed by atoms with Crippen molar-refractivity contribution in [2.24, 2.45) is 0 Å². The summed E-state index contributed by atoms with van der Waals surface area (Å²) in [6.45, 7) is 2.53. The van der Waals surface area contributed by atoms with Crippen molar-refractivity contribution in [3.05, 3.63) is 29.8 Å². The summed E-state index contributed by atoms with van der Waals surface area (Å²) >= 11 is 0. The summed E-state index contributed by atoms with van der Waals surface area (Å²) in [4.78, 5) is 14.5. The highest BCUT2D eigenvalue weighted by Crippen LogP contribution is 2.23. The zero-order valence-corrected chi connectivity index (χ0v) is 12.7. The first-order valence-electron chi connectivity index (χ1n) is 7.82. The van der Waals surface area contributed by atoms with Gasteiger partial charge in [0, 0.05) is 18.2 Å². The zero-order chi connectivity index (χ0) is 15.2. The van der Waals surface area contributed by atoms with Crippen LogP contribution in [0.5, 0.6) is 5.75 Å². The van der Waals surface area contributed by atoms with E-state index >= 15 is 0 Å². The minimum Gasteiger partial charge on any atom is -0.508 e. The van der Waals surface area contributed by atoms with E-state index in [0.717, 1.165) is 32.2 Å². The second-order valence-electron chi connectivity index (χ2n) is 5.98. The van der Waals surface area contributed by atoms with E-state index in [-0.39, 0.29) is 24.1 Å². The van der Waals surface area contributed by atoms with Crippen LogP contribution in [-0.4, -0.2) is 39.7 Å². The Morgan fingerprint density at radius 1 is 1.33 bits per heavy atom. The van der Waals surface area contributed by atoms with Crippen LogP contribution in [0.2, 0.25) is 0 Å². The molecule has 1 aliphatic rings. The molecule has 4 heteroatoms. The van der Waals surface area contributed by atoms with Gasteiger partial charge in [-0.25, -0.2) is 0 Å². The number of phenolic OH excluding ortho intramolecular Hbond substituents is 1. The molecule has 0 spiro atoms. The third kappa shape index (κ3) is 4.46. The van der Waals surface area contributed by atoms with Crippen molar-refractivity contribution < 1.29 is 15.0 Å². The number of phenols is 1. The summed E-state index contributed by atoms with van der Waals surface area (Å²) in [5.41, 5.74) is 0.669. The lowest BCUT2D eigenvalue weighted by Crippen LogP contribution is -2.42. The maximum Gasteiger partial charge on any atom is 0.227 e. The Kier molecular flexibility index (Phi) is 5.62. The van der Waals surface area contributed by atoms with Crippen LogP contribution in [0.1, 0.15) is 44.6 Å². The molecule has 1 saturated heterocycles. The van der Waals surface area contributed by atoms with Crippen molar-refractivity contribution in [1.82, 2.24) is 4.90 Å². The van der Waals surface area contributed by atoms with Crippen LogP contribution in [0.4, 0.5) is 0 Å². The van der Waals surface area contributed by atoms with E-state index < -0.39 is 6.10 Å². The summed E-state index contributed by atoms with van der Waals surface area (Å²) < 4.78 is 0. The van der Waals surface area contributed by atoms with Crippen molar-refractivity contribution in [3.63, 3.8) is 0 Å². The number of hydrogen-bond donors (Lipinski definition) is 2. The smallest absolute Gasteiger partial charge is 0.227 e. The lowest BCUT2D eigenvalue weighted by Gasteiger charge is -2.31. The van der Waals surface area contributed by atoms with E-state index in [0.29, 0.717) is 12.0 Å². The van der Waals surface area contributed by atoms with E-state index in [1.165, 1.54) is 0 Å². The van der Waals surface area contributed by atoms with E-state index in [1.807, 2.05) is 11.0 Å². The van der Waals surface area contributed by atoms with Gasteiger partial charge in [0.1, 0.15) is 5.75 Å². The van der Waals surface area contributed by atoms with Gasteiger partial charge < -0.3 is 15.1 Å². The molecule has 2 N–H and O–H groups in total. The molecule has 2 atom stereocenters. The van der Waals surface area contributed by atoms with Crippen LogP contribution < -0.4 is 0 Å². The number of aliphatic hydroxyl groups excluding tert-OH is 1. The minimum atomic E-state index is -0.395. The number of carbonyl (C=O) groups is 1. The van der Waals surface area contributed by atoms with Crippen molar-refractivity contribution in [2.75, 3.05) is 6.54 Å². The highest BCUT2D eigenvalue weighted by atomic mass is 16.3. The SMILES string of the molecule is CC(O)CC1CCCCCN1C(=O)Cc1ccccc1O. The van der Waals surface area contributed by atoms with Gasteiger partial charge >= 0.3 is 0 Å². The molecule has 21 heavy (non-hydrogen) atoms. The summed E-state index contributed by atoms with van der Waals surface area (Å²) in [6, 6.07) is 7.10. The van der Waals surface area contributed by atoms with E-state index in [9.17, 15) is 15.0 Å². The monoisotopic (exact) mass is 291 g/mol. The molecule has 0 saturated carbocycles. The van der Waals surface area contributed by atoms with Crippen molar-refractivity contribution in [1.29, 1.82) is 0 Å². The molecule has 1 heterocycles. The number of benzene rings is 1. The fourth-order valence-corrected chi connectivity index (χ4v) is 3.07. The molecule has 1 fully saturated rings. The number of para-hydroxylation sites is 1. The van der Waals surface area contributed by atoms with Gasteiger partial charge in [-0.1, -0.05) is 31.0 Å². The fourth-order valence-electron chi connectivity index (χ4n) is 3.07. The molecule has 1 aromatic carbocycles. The fraction of sp³-hybridized carbons (Fsp3) is 0.588. The molecule has 1 aromatic rings. The first-order valence-corrected chi connectivity index (χ1v) is 7.82. The van der Waals surface area contributed by atoms with Gasteiger partial charge in [0.05, 0.1) is 12.5 Å². The van der Waals surface area contributed by atoms with E-state index in [2.05, 4.69) is 0 Å². The van der Waals surface area contributed by atoms with Crippen molar-refractivity contribution in [2.45, 2.75) is 57.6 Å². The number of rotatable bonds is 4. The molecule has 116 valence electrons. The molecule has 0 radical (unpaired) electrons. The molecular formula is C17H25NO3. The summed E-state index contributed by atoms with van der Waals surface area (Å²) in [7, 11) is 0. The Hall–Kier alpha value is -1.55. The number of carbonyl (C=O) groups excluding carboxylic acids is 1. The lowest BCUT2D eigenvalue weighted by atomic mass is 10.0. The van der Waals surface area contributed by atoms with E-state index in [1.54, 1.807) is 25.1 Å². The first kappa shape index (κ1) is 15.8. The van der Waals surface area contributed by atoms with Crippen molar-refractivity contribution in [3.8, 4) is 5.75 Å². The van der Waals surface area contributed by atoms with Gasteiger partial charge in [0.15, 0.2) is 0 Å². The number of likely N-dealkylation sites (tertiary alicyclic amines) is 1. The van der Waals surface area contributed by atoms with Crippen LogP contribution in [0.3, 0.4) is 0 Å². The Bertz CT molecular complexity index is 473. The maximum atomic E-state index is 12.6. The summed E-state index contributed by atoms with van der Waals surface area (Å²) in [5.74, 6) is 0.219. The maximum absolute atomic E-state index is 12.6. The third-order valence-corrected chi connectivity index (χ3v) is 4.14. The second kappa shape index (κ2) is 7.46. The van der Waals surface area contributed by atoms with Gasteiger partial charge in [-0.2, -0.15) is 0 Å². The quantitative estimate of drug-likeness (QED) is 0.896. The molecular weight excluding hydrogens is 266 g/mol. The number of hydrogen-bond acceptors (Lipinski definition) is 3. The zero-order valence-electron chi connectivity index (χ0n) is 12.7. The Morgan fingerprint density at radius 2 is 2.10 bits per heavy atom. The predicted octanol–water partition coefficient (Wildman–Crippen LogP) is 2.48. The average molecular weight is 291 g/mol. The van der Waals surface area contributed by atoms with Crippen LogP contribution in [-0.2, 0) is 11.2 Å². The standard InChI is InChI=1S/C17H25NO3/c1-13(19)11-15-8-3-2-6-10-18(15)17(21)12-14-7-4-5-9-16(14)20/h4-5,7,9,13,15,19-20H,2-3,6,8,10-12H2,1H3. The Balaban J connectivity index is 2.08. The molecule has 0 bridgehead atoms. The molecule has 0 aromatic heterocycles. The number of aromatic hydroxyl groups is 1. The third-order valence-electron chi connectivity index (χ3n) is 4.14. The molecule has 1 aliphatic heterocycles. The van der Waals surface area contributed by atoms with Crippen LogP contribution in [0.25, 0.3) is 0 Å². The Labute approximate surface area is 126 Å². The number of amides is 1. The van der Waals surface area contributed by atoms with Crippen LogP contribution in [0.15, 0.2) is 24.3 Å². The van der Waals surface area contributed by atoms with Gasteiger partial charge in [0.2, 0.25) is 5.91 Å². The van der Waals surface area contributed by atoms with Gasteiger partial charge in [-0.05, 0) is 32.3 Å². The van der Waals surface area contributed by atoms with Crippen molar-refractivity contribution >= 4 is 5.91 Å². The lowest BCUT2D eigenvalue weighted by molar-refractivity contribution is -0.133. The van der Waals surface area contributed by atoms with Crippen LogP contribution in [0, 0.1) is 0 Å². The molecule has 0 aliphatic carbocycles. The molecule has 1 amide bonds. The second-order valence-corrected chi connectivity index (χ2v) is 5.98. The van der Waals surface area contributed by atoms with Gasteiger partial charge in [0.25, 0.3) is 0 Å². The summed E-state index contributed by atoms with van der Waals surface area (Å²) in [6.07, 6.45) is 4.68. The average Bonchev–Trinajstić information content (AvgIpc) is 2.66. The minimum absolute atomic E-state index is 0.0454.